The van der Waals surface area contributed by atoms with Gasteiger partial charge in [-0.15, -0.1) is 0 Å². The Hall–Kier alpha value is -2.44. The molecular weight excluding hydrogens is 292 g/mol. The number of nitrogens with one attached hydrogen (secondary N) is 1. The molecule has 0 spiro atoms. The number of hydrogen-bond acceptors (Lipinski definition) is 5. The summed E-state index contributed by atoms with van der Waals surface area (Å²) in [7, 11) is 1.81. The summed E-state index contributed by atoms with van der Waals surface area (Å²) in [6.07, 6.45) is 8.15. The van der Waals surface area contributed by atoms with Crippen molar-refractivity contribution in [2.75, 3.05) is 18.9 Å². The van der Waals surface area contributed by atoms with Crippen LogP contribution in [0.15, 0.2) is 24.7 Å². The van der Waals surface area contributed by atoms with Gasteiger partial charge in [-0.2, -0.15) is 5.10 Å². The molecule has 0 radical (unpaired) electrons. The Kier molecular flexibility index (Phi) is 4.55. The number of carbonyl (C=O) groups excluding carboxylic acids is 1. The van der Waals surface area contributed by atoms with E-state index in [1.165, 1.54) is 0 Å². The van der Waals surface area contributed by atoms with Crippen LogP contribution in [0.1, 0.15) is 48.4 Å². The average Bonchev–Trinajstić information content (AvgIpc) is 3.24. The fourth-order valence-corrected chi connectivity index (χ4v) is 2.96. The van der Waals surface area contributed by atoms with Gasteiger partial charge in [0.25, 0.3) is 5.91 Å². The first-order chi connectivity index (χ1) is 11.2. The smallest absolute Gasteiger partial charge is 0.274 e. The molecule has 1 saturated heterocycles. The van der Waals surface area contributed by atoms with Crippen molar-refractivity contribution in [1.82, 2.24) is 24.6 Å². The Balaban J connectivity index is 1.81. The molecule has 7 heteroatoms. The van der Waals surface area contributed by atoms with E-state index < -0.39 is 0 Å². The molecule has 3 rings (SSSR count). The molecule has 0 bridgehead atoms. The van der Waals surface area contributed by atoms with Crippen LogP contribution >= 0.6 is 0 Å². The lowest BCUT2D eigenvalue weighted by Crippen LogP contribution is -2.31. The van der Waals surface area contributed by atoms with E-state index in [2.05, 4.69) is 27.3 Å². The Morgan fingerprint density at radius 3 is 3.09 bits per heavy atom. The minimum absolute atomic E-state index is 0.0281. The second-order valence-corrected chi connectivity index (χ2v) is 5.70. The predicted octanol–water partition coefficient (Wildman–Crippen LogP) is 2.10. The molecule has 0 unspecified atom stereocenters. The number of rotatable bonds is 5. The molecule has 2 aromatic heterocycles. The van der Waals surface area contributed by atoms with Crippen LogP contribution in [0.25, 0.3) is 0 Å². The van der Waals surface area contributed by atoms with Gasteiger partial charge in [-0.1, -0.05) is 6.92 Å². The van der Waals surface area contributed by atoms with Crippen LogP contribution in [0.3, 0.4) is 0 Å². The number of amides is 1. The van der Waals surface area contributed by atoms with Gasteiger partial charge in [0, 0.05) is 26.3 Å². The lowest BCUT2D eigenvalue weighted by molar-refractivity contribution is 0.0725. The van der Waals surface area contributed by atoms with Gasteiger partial charge in [0.1, 0.15) is 11.5 Å². The zero-order valence-corrected chi connectivity index (χ0v) is 13.6. The second-order valence-electron chi connectivity index (χ2n) is 5.70. The fourth-order valence-electron chi connectivity index (χ4n) is 2.96. The quantitative estimate of drug-likeness (QED) is 0.914. The molecule has 1 atom stereocenters. The maximum atomic E-state index is 12.8. The second kappa shape index (κ2) is 6.76. The van der Waals surface area contributed by atoms with Crippen LogP contribution in [-0.4, -0.2) is 44.1 Å². The van der Waals surface area contributed by atoms with Crippen molar-refractivity contribution in [1.29, 1.82) is 0 Å². The summed E-state index contributed by atoms with van der Waals surface area (Å²) >= 11 is 0. The van der Waals surface area contributed by atoms with Gasteiger partial charge >= 0.3 is 0 Å². The normalized spacial score (nSPS) is 17.5. The molecule has 122 valence electrons. The Labute approximate surface area is 135 Å². The van der Waals surface area contributed by atoms with Gasteiger partial charge in [0.05, 0.1) is 24.1 Å². The largest absolute Gasteiger partial charge is 0.372 e. The Morgan fingerprint density at radius 2 is 2.30 bits per heavy atom. The molecule has 3 heterocycles. The van der Waals surface area contributed by atoms with Crippen molar-refractivity contribution in [3.63, 3.8) is 0 Å². The Bertz CT molecular complexity index is 683. The summed E-state index contributed by atoms with van der Waals surface area (Å²) in [5.74, 6) is 0.688. The molecule has 7 nitrogen and oxygen atoms in total. The maximum Gasteiger partial charge on any atom is 0.274 e. The highest BCUT2D eigenvalue weighted by atomic mass is 16.2. The molecule has 1 N–H and O–H groups in total. The van der Waals surface area contributed by atoms with Crippen molar-refractivity contribution in [2.24, 2.45) is 0 Å². The van der Waals surface area contributed by atoms with Gasteiger partial charge in [0.15, 0.2) is 0 Å². The number of hydrogen-bond donors (Lipinski definition) is 1. The van der Waals surface area contributed by atoms with E-state index in [0.717, 1.165) is 38.0 Å². The van der Waals surface area contributed by atoms with E-state index in [1.807, 2.05) is 22.8 Å². The van der Waals surface area contributed by atoms with E-state index >= 15 is 0 Å². The van der Waals surface area contributed by atoms with Crippen molar-refractivity contribution < 1.29 is 4.79 Å². The first kappa shape index (κ1) is 15.5. The van der Waals surface area contributed by atoms with Crippen LogP contribution < -0.4 is 5.32 Å². The maximum absolute atomic E-state index is 12.8. The summed E-state index contributed by atoms with van der Waals surface area (Å²) in [5.41, 5.74) is 1.33. The summed E-state index contributed by atoms with van der Waals surface area (Å²) in [6, 6.07) is 1.77. The molecule has 0 saturated carbocycles. The molecule has 1 amide bonds. The van der Waals surface area contributed by atoms with Crippen LogP contribution in [0.4, 0.5) is 5.82 Å². The van der Waals surface area contributed by atoms with E-state index in [-0.39, 0.29) is 11.9 Å². The summed E-state index contributed by atoms with van der Waals surface area (Å²) in [4.78, 5) is 23.4. The first-order valence-corrected chi connectivity index (χ1v) is 8.07. The molecule has 23 heavy (non-hydrogen) atoms. The zero-order chi connectivity index (χ0) is 16.2. The van der Waals surface area contributed by atoms with Gasteiger partial charge in [-0.25, -0.2) is 4.98 Å². The lowest BCUT2D eigenvalue weighted by atomic mass is 10.1. The average molecular weight is 314 g/mol. The third-order valence-electron chi connectivity index (χ3n) is 4.08. The predicted molar refractivity (Wildman–Crippen MR) is 87.1 cm³/mol. The lowest BCUT2D eigenvalue weighted by Gasteiger charge is -2.23. The van der Waals surface area contributed by atoms with Crippen LogP contribution in [0.2, 0.25) is 0 Å². The molecule has 1 fully saturated rings. The van der Waals surface area contributed by atoms with Crippen molar-refractivity contribution in [3.8, 4) is 0 Å². The minimum Gasteiger partial charge on any atom is -0.372 e. The molecule has 2 aromatic rings. The summed E-state index contributed by atoms with van der Waals surface area (Å²) in [5, 5.41) is 7.37. The van der Waals surface area contributed by atoms with Gasteiger partial charge in [0.2, 0.25) is 0 Å². The van der Waals surface area contributed by atoms with Crippen LogP contribution in [-0.2, 0) is 6.54 Å². The first-order valence-electron chi connectivity index (χ1n) is 8.07. The minimum atomic E-state index is -0.0287. The zero-order valence-electron chi connectivity index (χ0n) is 13.6. The highest BCUT2D eigenvalue weighted by Gasteiger charge is 2.32. The SMILES string of the molecule is CCCn1ccc(C(=O)N2CCC[C@@H]2c2cncc(NC)n2)n1. The standard InChI is InChI=1S/C16H22N6O/c1-3-7-21-9-6-12(20-21)16(23)22-8-4-5-14(22)13-10-18-11-15(17-2)19-13/h6,9-11,14H,3-5,7-8H2,1-2H3,(H,17,19)/t14-/m1/s1. The van der Waals surface area contributed by atoms with Crippen LogP contribution in [0, 0.1) is 0 Å². The van der Waals surface area contributed by atoms with Crippen LogP contribution in [0.5, 0.6) is 0 Å². The van der Waals surface area contributed by atoms with E-state index in [1.54, 1.807) is 18.5 Å². The third-order valence-corrected chi connectivity index (χ3v) is 4.08. The number of anilines is 1. The van der Waals surface area contributed by atoms with E-state index in [4.69, 9.17) is 0 Å². The third kappa shape index (κ3) is 3.18. The van der Waals surface area contributed by atoms with Crippen molar-refractivity contribution in [2.45, 2.75) is 38.8 Å². The monoisotopic (exact) mass is 314 g/mol. The van der Waals surface area contributed by atoms with Gasteiger partial charge < -0.3 is 10.2 Å². The molecule has 0 aromatic carbocycles. The van der Waals surface area contributed by atoms with E-state index in [0.29, 0.717) is 11.5 Å². The van der Waals surface area contributed by atoms with Crippen molar-refractivity contribution in [3.05, 3.63) is 36.0 Å². The summed E-state index contributed by atoms with van der Waals surface area (Å²) in [6.45, 7) is 3.65. The number of nitrogens with zero attached hydrogens (tertiary/aromatic N) is 5. The van der Waals surface area contributed by atoms with E-state index in [9.17, 15) is 4.79 Å². The molecule has 1 aliphatic rings. The fraction of sp³-hybridized carbons (Fsp3) is 0.500. The number of likely N-dealkylation sites (tertiary alicyclic amines) is 1. The number of carbonyl (C=O) groups is 1. The molecule has 0 aliphatic carbocycles. The van der Waals surface area contributed by atoms with Gasteiger partial charge in [-0.3, -0.25) is 14.5 Å². The van der Waals surface area contributed by atoms with Crippen molar-refractivity contribution >= 4 is 11.7 Å². The Morgan fingerprint density at radius 1 is 1.43 bits per heavy atom. The molecular formula is C16H22N6O. The summed E-state index contributed by atoms with van der Waals surface area (Å²) < 4.78 is 1.82. The highest BCUT2D eigenvalue weighted by molar-refractivity contribution is 5.92. The topological polar surface area (TPSA) is 75.9 Å². The molecule has 1 aliphatic heterocycles. The van der Waals surface area contributed by atoms with Gasteiger partial charge in [-0.05, 0) is 25.3 Å². The number of aromatic nitrogens is 4. The highest BCUT2D eigenvalue weighted by Crippen LogP contribution is 2.32. The number of aryl methyl sites for hydroxylation is 1.